The Labute approximate surface area is 147 Å². The maximum atomic E-state index is 10.3. The van der Waals surface area contributed by atoms with Crippen LogP contribution in [0.15, 0.2) is 42.5 Å². The summed E-state index contributed by atoms with van der Waals surface area (Å²) in [4.78, 5) is 0. The Hall–Kier alpha value is -1.26. The van der Waals surface area contributed by atoms with Gasteiger partial charge in [-0.3, -0.25) is 0 Å². The lowest BCUT2D eigenvalue weighted by Crippen LogP contribution is -2.37. The van der Waals surface area contributed by atoms with Crippen molar-refractivity contribution < 1.29 is 10.2 Å². The Morgan fingerprint density at radius 2 is 2.00 bits per heavy atom. The summed E-state index contributed by atoms with van der Waals surface area (Å²) in [6, 6.07) is 13.2. The van der Waals surface area contributed by atoms with Crippen LogP contribution in [0.2, 0.25) is 5.02 Å². The Kier molecular flexibility index (Phi) is 6.31. The van der Waals surface area contributed by atoms with Crippen LogP contribution < -0.4 is 5.32 Å². The van der Waals surface area contributed by atoms with E-state index in [9.17, 15) is 10.2 Å². The number of phenolic OH excluding ortho intramolecular Hbond substituents is 1. The lowest BCUT2D eigenvalue weighted by molar-refractivity contribution is 0.168. The Morgan fingerprint density at radius 1 is 1.17 bits per heavy atom. The Bertz CT molecular complexity index is 663. The van der Waals surface area contributed by atoms with Crippen molar-refractivity contribution in [2.75, 3.05) is 6.54 Å². The second kappa shape index (κ2) is 8.02. The molecule has 0 spiro atoms. The molecule has 0 amide bonds. The number of nitrogens with one attached hydrogen (secondary N) is 1. The fourth-order valence-electron chi connectivity index (χ4n) is 3.03. The normalized spacial score (nSPS) is 17.9. The van der Waals surface area contributed by atoms with Gasteiger partial charge in [0.25, 0.3) is 0 Å². The average molecular weight is 354 g/mol. The molecule has 1 aliphatic carbocycles. The summed E-state index contributed by atoms with van der Waals surface area (Å²) in [6.07, 6.45) is 2.36. The van der Waals surface area contributed by atoms with Crippen LogP contribution in [0.1, 0.15) is 29.2 Å². The summed E-state index contributed by atoms with van der Waals surface area (Å²) >= 11 is 5.95. The fraction of sp³-hybridized carbons (Fsp3) is 0.333. The van der Waals surface area contributed by atoms with E-state index in [1.165, 1.54) is 11.1 Å². The quantitative estimate of drug-likeness (QED) is 0.786. The van der Waals surface area contributed by atoms with Crippen molar-refractivity contribution >= 4 is 24.0 Å². The van der Waals surface area contributed by atoms with E-state index < -0.39 is 6.10 Å². The van der Waals surface area contributed by atoms with Crippen molar-refractivity contribution in [2.45, 2.75) is 31.4 Å². The summed E-state index contributed by atoms with van der Waals surface area (Å²) in [6.45, 7) is 0.499. The highest BCUT2D eigenvalue weighted by Gasteiger charge is 2.19. The molecule has 3 N–H and O–H groups in total. The highest BCUT2D eigenvalue weighted by molar-refractivity contribution is 6.30. The largest absolute Gasteiger partial charge is 0.508 e. The molecule has 0 aliphatic heterocycles. The van der Waals surface area contributed by atoms with Gasteiger partial charge in [-0.1, -0.05) is 29.8 Å². The molecule has 23 heavy (non-hydrogen) atoms. The first kappa shape index (κ1) is 18.1. The number of aliphatic hydroxyl groups is 1. The maximum Gasteiger partial charge on any atom is 0.115 e. The maximum absolute atomic E-state index is 10.3. The molecular formula is C18H21Cl2NO2. The molecule has 0 radical (unpaired) electrons. The highest BCUT2D eigenvalue weighted by Crippen LogP contribution is 2.25. The fourth-order valence-corrected chi connectivity index (χ4v) is 3.23. The first-order valence-electron chi connectivity index (χ1n) is 7.59. The van der Waals surface area contributed by atoms with E-state index in [2.05, 4.69) is 5.32 Å². The molecular weight excluding hydrogens is 333 g/mol. The summed E-state index contributed by atoms with van der Waals surface area (Å²) in [5.74, 6) is 0.318. The zero-order valence-electron chi connectivity index (χ0n) is 12.7. The molecule has 2 aromatic rings. The number of benzene rings is 2. The van der Waals surface area contributed by atoms with E-state index in [0.29, 0.717) is 23.4 Å². The average Bonchev–Trinajstić information content (AvgIpc) is 2.52. The third-order valence-electron chi connectivity index (χ3n) is 4.25. The molecule has 3 rings (SSSR count). The first-order chi connectivity index (χ1) is 10.6. The monoisotopic (exact) mass is 353 g/mol. The molecule has 0 fully saturated rings. The van der Waals surface area contributed by atoms with Crippen LogP contribution in [0.4, 0.5) is 0 Å². The second-order valence-electron chi connectivity index (χ2n) is 5.87. The molecule has 0 saturated heterocycles. The van der Waals surface area contributed by atoms with Crippen LogP contribution in [-0.2, 0) is 12.8 Å². The van der Waals surface area contributed by atoms with E-state index in [0.717, 1.165) is 24.8 Å². The smallest absolute Gasteiger partial charge is 0.115 e. The molecule has 0 bridgehead atoms. The van der Waals surface area contributed by atoms with Crippen LogP contribution >= 0.6 is 24.0 Å². The number of rotatable bonds is 4. The number of hydrogen-bond donors (Lipinski definition) is 3. The van der Waals surface area contributed by atoms with E-state index in [-0.39, 0.29) is 12.4 Å². The molecule has 124 valence electrons. The third kappa shape index (κ3) is 4.61. The van der Waals surface area contributed by atoms with Crippen LogP contribution in [0, 0.1) is 0 Å². The predicted octanol–water partition coefficient (Wildman–Crippen LogP) is 3.65. The second-order valence-corrected chi connectivity index (χ2v) is 6.31. The van der Waals surface area contributed by atoms with E-state index >= 15 is 0 Å². The molecule has 0 unspecified atom stereocenters. The van der Waals surface area contributed by atoms with Crippen molar-refractivity contribution in [1.82, 2.24) is 5.32 Å². The molecule has 0 aromatic heterocycles. The number of halogens is 2. The lowest BCUT2D eigenvalue weighted by atomic mass is 9.88. The molecule has 3 nitrogen and oxygen atoms in total. The third-order valence-corrected chi connectivity index (χ3v) is 4.49. The standard InChI is InChI=1S/C18H20ClNO2.ClH/c19-15-3-1-2-13(8-15)18(22)11-20-16-6-4-12-5-7-17(21)10-14(12)9-16;/h1-3,5,7-8,10,16,18,20-22H,4,6,9,11H2;1H/t16-,18+;/m0./s1. The van der Waals surface area contributed by atoms with Crippen LogP contribution in [0.3, 0.4) is 0 Å². The van der Waals surface area contributed by atoms with Crippen molar-refractivity contribution in [3.8, 4) is 5.75 Å². The Balaban J connectivity index is 0.00000192. The van der Waals surface area contributed by atoms with Crippen molar-refractivity contribution in [3.05, 3.63) is 64.2 Å². The lowest BCUT2D eigenvalue weighted by Gasteiger charge is -2.26. The summed E-state index contributed by atoms with van der Waals surface area (Å²) < 4.78 is 0. The topological polar surface area (TPSA) is 52.5 Å². The number of fused-ring (bicyclic) bond motifs is 1. The summed E-state index contributed by atoms with van der Waals surface area (Å²) in [7, 11) is 0. The molecule has 5 heteroatoms. The SMILES string of the molecule is Cl.Oc1ccc2c(c1)C[C@@H](NC[C@@H](O)c1cccc(Cl)c1)CC2. The van der Waals surface area contributed by atoms with Gasteiger partial charge in [-0.15, -0.1) is 12.4 Å². The van der Waals surface area contributed by atoms with Crippen molar-refractivity contribution in [3.63, 3.8) is 0 Å². The summed E-state index contributed by atoms with van der Waals surface area (Å²) in [5.41, 5.74) is 3.33. The van der Waals surface area contributed by atoms with Gasteiger partial charge in [-0.05, 0) is 60.2 Å². The van der Waals surface area contributed by atoms with Gasteiger partial charge in [-0.25, -0.2) is 0 Å². The Morgan fingerprint density at radius 3 is 2.78 bits per heavy atom. The number of aryl methyl sites for hydroxylation is 1. The van der Waals surface area contributed by atoms with Gasteiger partial charge in [0, 0.05) is 17.6 Å². The zero-order valence-corrected chi connectivity index (χ0v) is 14.3. The predicted molar refractivity (Wildman–Crippen MR) is 95.6 cm³/mol. The van der Waals surface area contributed by atoms with Crippen LogP contribution in [-0.4, -0.2) is 22.8 Å². The summed E-state index contributed by atoms with van der Waals surface area (Å²) in [5, 5.41) is 23.9. The molecule has 1 aliphatic rings. The van der Waals surface area contributed by atoms with Crippen LogP contribution in [0.5, 0.6) is 5.75 Å². The van der Waals surface area contributed by atoms with Gasteiger partial charge >= 0.3 is 0 Å². The van der Waals surface area contributed by atoms with Gasteiger partial charge in [0.2, 0.25) is 0 Å². The van der Waals surface area contributed by atoms with E-state index in [1.54, 1.807) is 18.2 Å². The van der Waals surface area contributed by atoms with Gasteiger partial charge in [0.1, 0.15) is 5.75 Å². The minimum atomic E-state index is -0.565. The van der Waals surface area contributed by atoms with Gasteiger partial charge < -0.3 is 15.5 Å². The first-order valence-corrected chi connectivity index (χ1v) is 7.97. The minimum Gasteiger partial charge on any atom is -0.508 e. The number of aromatic hydroxyl groups is 1. The number of phenols is 1. The molecule has 0 saturated carbocycles. The van der Waals surface area contributed by atoms with Crippen LogP contribution in [0.25, 0.3) is 0 Å². The molecule has 2 aromatic carbocycles. The van der Waals surface area contributed by atoms with E-state index in [4.69, 9.17) is 11.6 Å². The van der Waals surface area contributed by atoms with Gasteiger partial charge in [0.05, 0.1) is 6.10 Å². The van der Waals surface area contributed by atoms with Crippen molar-refractivity contribution in [1.29, 1.82) is 0 Å². The molecule has 2 atom stereocenters. The van der Waals surface area contributed by atoms with Gasteiger partial charge in [-0.2, -0.15) is 0 Å². The minimum absolute atomic E-state index is 0. The van der Waals surface area contributed by atoms with Crippen molar-refractivity contribution in [2.24, 2.45) is 0 Å². The number of hydrogen-bond acceptors (Lipinski definition) is 3. The van der Waals surface area contributed by atoms with E-state index in [1.807, 2.05) is 24.3 Å². The number of aliphatic hydroxyl groups excluding tert-OH is 1. The molecule has 0 heterocycles. The zero-order chi connectivity index (χ0) is 15.5. The van der Waals surface area contributed by atoms with Gasteiger partial charge in [0.15, 0.2) is 0 Å². The highest BCUT2D eigenvalue weighted by atomic mass is 35.5.